The van der Waals surface area contributed by atoms with Crippen LogP contribution in [-0.2, 0) is 12.8 Å². The Hall–Kier alpha value is -4.13. The summed E-state index contributed by atoms with van der Waals surface area (Å²) in [6.45, 7) is 0. The van der Waals surface area contributed by atoms with Crippen LogP contribution in [0.3, 0.4) is 0 Å². The minimum absolute atomic E-state index is 0.0297. The lowest BCUT2D eigenvalue weighted by molar-refractivity contribution is 0.441. The molecule has 1 N–H and O–H groups in total. The Bertz CT molecular complexity index is 1400. The number of fused-ring (bicyclic) bond motifs is 1. The predicted octanol–water partition coefficient (Wildman–Crippen LogP) is 4.96. The molecule has 0 atom stereocenters. The van der Waals surface area contributed by atoms with Crippen LogP contribution in [-0.4, -0.2) is 24.5 Å². The third-order valence-corrected chi connectivity index (χ3v) is 5.25. The average molecular weight is 428 g/mol. The van der Waals surface area contributed by atoms with Crippen LogP contribution < -0.4 is 0 Å². The molecule has 5 aromatic rings. The second-order valence-electron chi connectivity index (χ2n) is 7.44. The summed E-state index contributed by atoms with van der Waals surface area (Å²) in [5.41, 5.74) is 4.19. The molecule has 0 amide bonds. The summed E-state index contributed by atoms with van der Waals surface area (Å²) < 4.78 is 28.8. The molecule has 0 aliphatic rings. The fraction of sp³-hybridized carbons (Fsp3) is 0.0800. The Morgan fingerprint density at radius 3 is 2.19 bits per heavy atom. The van der Waals surface area contributed by atoms with E-state index in [4.69, 9.17) is 4.98 Å². The van der Waals surface area contributed by atoms with E-state index in [2.05, 4.69) is 9.97 Å². The van der Waals surface area contributed by atoms with Crippen molar-refractivity contribution in [1.82, 2.24) is 19.4 Å². The van der Waals surface area contributed by atoms with Gasteiger partial charge in [0.2, 0.25) is 17.8 Å². The summed E-state index contributed by atoms with van der Waals surface area (Å²) in [6, 6.07) is 21.9. The van der Waals surface area contributed by atoms with E-state index in [9.17, 15) is 13.9 Å². The first-order chi connectivity index (χ1) is 15.6. The number of hydrogen-bond acceptors (Lipinski definition) is 4. The number of imidazole rings is 1. The van der Waals surface area contributed by atoms with Crippen LogP contribution in [0, 0.1) is 11.9 Å². The van der Waals surface area contributed by atoms with Crippen molar-refractivity contribution in [1.29, 1.82) is 0 Å². The number of pyridine rings is 1. The van der Waals surface area contributed by atoms with Gasteiger partial charge in [-0.25, -0.2) is 9.97 Å². The predicted molar refractivity (Wildman–Crippen MR) is 116 cm³/mol. The van der Waals surface area contributed by atoms with Gasteiger partial charge in [-0.1, -0.05) is 60.7 Å². The van der Waals surface area contributed by atoms with Crippen molar-refractivity contribution in [2.24, 2.45) is 0 Å². The zero-order valence-corrected chi connectivity index (χ0v) is 16.9. The molecule has 0 aliphatic carbocycles. The highest BCUT2D eigenvalue weighted by atomic mass is 19.1. The van der Waals surface area contributed by atoms with Gasteiger partial charge in [0.1, 0.15) is 5.69 Å². The summed E-state index contributed by atoms with van der Waals surface area (Å²) in [4.78, 5) is 12.6. The lowest BCUT2D eigenvalue weighted by Crippen LogP contribution is -2.00. The molecule has 0 bridgehead atoms. The van der Waals surface area contributed by atoms with E-state index in [0.29, 0.717) is 23.5 Å². The quantitative estimate of drug-likeness (QED) is 0.402. The van der Waals surface area contributed by atoms with Gasteiger partial charge in [0.25, 0.3) is 0 Å². The Labute approximate surface area is 182 Å². The topological polar surface area (TPSA) is 63.3 Å². The number of aromatic nitrogens is 4. The molecule has 0 unspecified atom stereocenters. The average Bonchev–Trinajstić information content (AvgIpc) is 3.13. The van der Waals surface area contributed by atoms with Gasteiger partial charge in [-0.05, 0) is 17.7 Å². The monoisotopic (exact) mass is 428 g/mol. The molecule has 5 rings (SSSR count). The standard InChI is InChI=1S/C25H18F2N4O/c26-22-12-11-18(23(27)30-22)14-20-25(32)31-15-21(17-9-5-2-6-10-17)28-19(24(31)29-20)13-16-7-3-1-4-8-16/h1-12,15,32H,13-14H2. The van der Waals surface area contributed by atoms with Crippen molar-refractivity contribution in [3.63, 3.8) is 0 Å². The highest BCUT2D eigenvalue weighted by Crippen LogP contribution is 2.28. The Morgan fingerprint density at radius 2 is 1.47 bits per heavy atom. The first-order valence-corrected chi connectivity index (χ1v) is 10.1. The number of benzene rings is 2. The van der Waals surface area contributed by atoms with Crippen LogP contribution in [0.1, 0.15) is 22.5 Å². The van der Waals surface area contributed by atoms with Crippen molar-refractivity contribution in [3.8, 4) is 17.1 Å². The molecule has 158 valence electrons. The van der Waals surface area contributed by atoms with E-state index in [0.717, 1.165) is 17.2 Å². The number of hydrogen-bond donors (Lipinski definition) is 1. The highest BCUT2D eigenvalue weighted by Gasteiger charge is 2.19. The molecule has 0 fully saturated rings. The van der Waals surface area contributed by atoms with E-state index in [1.165, 1.54) is 6.07 Å². The first-order valence-electron chi connectivity index (χ1n) is 10.1. The summed E-state index contributed by atoms with van der Waals surface area (Å²) in [7, 11) is 0. The van der Waals surface area contributed by atoms with Crippen molar-refractivity contribution in [3.05, 3.63) is 113 Å². The zero-order valence-electron chi connectivity index (χ0n) is 16.9. The van der Waals surface area contributed by atoms with Crippen molar-refractivity contribution in [2.75, 3.05) is 0 Å². The highest BCUT2D eigenvalue weighted by molar-refractivity contribution is 5.63. The molecular formula is C25H18F2N4O. The maximum Gasteiger partial charge on any atom is 0.219 e. The summed E-state index contributed by atoms with van der Waals surface area (Å²) in [6.07, 6.45) is 2.19. The normalized spacial score (nSPS) is 11.2. The minimum Gasteiger partial charge on any atom is -0.493 e. The van der Waals surface area contributed by atoms with E-state index < -0.39 is 11.9 Å². The first kappa shape index (κ1) is 19.8. The fourth-order valence-electron chi connectivity index (χ4n) is 3.67. The van der Waals surface area contributed by atoms with Gasteiger partial charge in [-0.3, -0.25) is 4.40 Å². The van der Waals surface area contributed by atoms with Crippen LogP contribution in [0.2, 0.25) is 0 Å². The lowest BCUT2D eigenvalue weighted by Gasteiger charge is -2.08. The van der Waals surface area contributed by atoms with Gasteiger partial charge in [-0.15, -0.1) is 0 Å². The molecule has 3 aromatic heterocycles. The molecule has 3 heterocycles. The third kappa shape index (κ3) is 3.80. The van der Waals surface area contributed by atoms with E-state index in [1.54, 1.807) is 10.6 Å². The second-order valence-corrected chi connectivity index (χ2v) is 7.44. The maximum absolute atomic E-state index is 14.1. The van der Waals surface area contributed by atoms with Gasteiger partial charge < -0.3 is 5.11 Å². The summed E-state index contributed by atoms with van der Waals surface area (Å²) in [5.74, 6) is -1.93. The maximum atomic E-state index is 14.1. The second kappa shape index (κ2) is 8.19. The van der Waals surface area contributed by atoms with Gasteiger partial charge >= 0.3 is 0 Å². The van der Waals surface area contributed by atoms with Gasteiger partial charge in [0, 0.05) is 30.2 Å². The van der Waals surface area contributed by atoms with Crippen LogP contribution in [0.25, 0.3) is 16.9 Å². The lowest BCUT2D eigenvalue weighted by atomic mass is 10.1. The van der Waals surface area contributed by atoms with Crippen LogP contribution in [0.5, 0.6) is 5.88 Å². The number of halogens is 2. The van der Waals surface area contributed by atoms with Crippen molar-refractivity contribution < 1.29 is 13.9 Å². The Morgan fingerprint density at radius 1 is 0.750 bits per heavy atom. The number of aromatic hydroxyl groups is 1. The third-order valence-electron chi connectivity index (χ3n) is 5.25. The Balaban J connectivity index is 1.65. The number of rotatable bonds is 5. The Kier molecular flexibility index (Phi) is 5.07. The van der Waals surface area contributed by atoms with Crippen molar-refractivity contribution in [2.45, 2.75) is 12.8 Å². The summed E-state index contributed by atoms with van der Waals surface area (Å²) >= 11 is 0. The number of nitrogens with zero attached hydrogens (tertiary/aromatic N) is 4. The zero-order chi connectivity index (χ0) is 22.1. The van der Waals surface area contributed by atoms with Gasteiger partial charge in [0.15, 0.2) is 5.65 Å². The molecule has 32 heavy (non-hydrogen) atoms. The van der Waals surface area contributed by atoms with Crippen LogP contribution >= 0.6 is 0 Å². The van der Waals surface area contributed by atoms with E-state index in [-0.39, 0.29) is 23.6 Å². The van der Waals surface area contributed by atoms with Gasteiger partial charge in [-0.2, -0.15) is 13.8 Å². The molecule has 7 heteroatoms. The molecule has 0 radical (unpaired) electrons. The molecular weight excluding hydrogens is 410 g/mol. The molecule has 0 spiro atoms. The molecule has 0 saturated heterocycles. The smallest absolute Gasteiger partial charge is 0.219 e. The van der Waals surface area contributed by atoms with Gasteiger partial charge in [0.05, 0.1) is 11.4 Å². The van der Waals surface area contributed by atoms with Crippen molar-refractivity contribution >= 4 is 5.65 Å². The molecule has 2 aromatic carbocycles. The van der Waals surface area contributed by atoms with E-state index in [1.807, 2.05) is 60.7 Å². The van der Waals surface area contributed by atoms with E-state index >= 15 is 0 Å². The molecule has 0 aliphatic heterocycles. The largest absolute Gasteiger partial charge is 0.493 e. The molecule has 5 nitrogen and oxygen atoms in total. The summed E-state index contributed by atoms with van der Waals surface area (Å²) in [5, 5.41) is 10.9. The SMILES string of the molecule is Oc1c(Cc2ccc(F)nc2F)nc2c(Cc3ccccc3)nc(-c3ccccc3)cn12. The fourth-order valence-corrected chi connectivity index (χ4v) is 3.67. The van der Waals surface area contributed by atoms with Crippen LogP contribution in [0.15, 0.2) is 79.0 Å². The van der Waals surface area contributed by atoms with Crippen LogP contribution in [0.4, 0.5) is 8.78 Å². The molecule has 0 saturated carbocycles. The minimum atomic E-state index is -0.922.